The van der Waals surface area contributed by atoms with E-state index in [2.05, 4.69) is 11.1 Å². The zero-order chi connectivity index (χ0) is 18.7. The van der Waals surface area contributed by atoms with Crippen LogP contribution in [0.1, 0.15) is 31.0 Å². The van der Waals surface area contributed by atoms with Crippen molar-refractivity contribution in [2.45, 2.75) is 39.7 Å². The van der Waals surface area contributed by atoms with Gasteiger partial charge in [-0.15, -0.1) is 0 Å². The summed E-state index contributed by atoms with van der Waals surface area (Å²) in [6.45, 7) is 4.42. The number of hydrogen-bond donors (Lipinski definition) is 0. The van der Waals surface area contributed by atoms with Gasteiger partial charge in [0.25, 0.3) is 5.56 Å². The van der Waals surface area contributed by atoms with E-state index in [9.17, 15) is 4.79 Å². The van der Waals surface area contributed by atoms with Crippen molar-refractivity contribution >= 4 is 22.6 Å². The first-order valence-corrected chi connectivity index (χ1v) is 9.10. The zero-order valence-electron chi connectivity index (χ0n) is 14.9. The zero-order valence-corrected chi connectivity index (χ0v) is 15.7. The van der Waals surface area contributed by atoms with E-state index < -0.39 is 0 Å². The minimum Gasteiger partial charge on any atom is -0.293 e. The fourth-order valence-corrected chi connectivity index (χ4v) is 3.51. The smallest absolute Gasteiger partial charge is 0.256 e. The van der Waals surface area contributed by atoms with Gasteiger partial charge in [-0.25, -0.2) is 4.98 Å². The van der Waals surface area contributed by atoms with Gasteiger partial charge >= 0.3 is 0 Å². The second kappa shape index (κ2) is 7.72. The van der Waals surface area contributed by atoms with Crippen molar-refractivity contribution in [3.63, 3.8) is 0 Å². The monoisotopic (exact) mass is 365 g/mol. The molecule has 0 spiro atoms. The molecule has 0 saturated heterocycles. The first-order chi connectivity index (χ1) is 12.6. The SMILES string of the molecule is CCn1c(=O)c(CCCC#N)c(-c2cccc(Cl)c2)c2ccc(C)nc21. The number of benzene rings is 1. The maximum absolute atomic E-state index is 13.2. The Morgan fingerprint density at radius 3 is 2.77 bits per heavy atom. The molecule has 2 heterocycles. The Bertz CT molecular complexity index is 1060. The summed E-state index contributed by atoms with van der Waals surface area (Å²) in [7, 11) is 0. The van der Waals surface area contributed by atoms with E-state index in [4.69, 9.17) is 16.9 Å². The molecule has 3 aromatic rings. The van der Waals surface area contributed by atoms with Crippen molar-refractivity contribution in [1.29, 1.82) is 5.26 Å². The normalized spacial score (nSPS) is 10.8. The van der Waals surface area contributed by atoms with Crippen molar-refractivity contribution in [3.8, 4) is 17.2 Å². The highest BCUT2D eigenvalue weighted by Gasteiger charge is 2.18. The second-order valence-electron chi connectivity index (χ2n) is 6.25. The minimum absolute atomic E-state index is 0.0361. The number of fused-ring (bicyclic) bond motifs is 1. The predicted molar refractivity (Wildman–Crippen MR) is 105 cm³/mol. The fourth-order valence-electron chi connectivity index (χ4n) is 3.32. The molecule has 0 aliphatic heterocycles. The summed E-state index contributed by atoms with van der Waals surface area (Å²) in [5, 5.41) is 10.4. The first kappa shape index (κ1) is 18.2. The Morgan fingerprint density at radius 2 is 2.08 bits per heavy atom. The third-order valence-electron chi connectivity index (χ3n) is 4.49. The molecule has 3 rings (SSSR count). The molecule has 5 heteroatoms. The molecule has 1 aromatic carbocycles. The second-order valence-corrected chi connectivity index (χ2v) is 6.69. The number of aromatic nitrogens is 2. The van der Waals surface area contributed by atoms with Crippen LogP contribution in [0.25, 0.3) is 22.2 Å². The highest BCUT2D eigenvalue weighted by Crippen LogP contribution is 2.32. The number of unbranched alkanes of at least 4 members (excludes halogenated alkanes) is 1. The summed E-state index contributed by atoms with van der Waals surface area (Å²) >= 11 is 6.21. The van der Waals surface area contributed by atoms with Gasteiger partial charge in [-0.2, -0.15) is 5.26 Å². The number of nitrogens with zero attached hydrogens (tertiary/aromatic N) is 3. The average Bonchev–Trinajstić information content (AvgIpc) is 2.62. The summed E-state index contributed by atoms with van der Waals surface area (Å²) in [4.78, 5) is 17.8. The Morgan fingerprint density at radius 1 is 1.27 bits per heavy atom. The van der Waals surface area contributed by atoms with Gasteiger partial charge in [0, 0.05) is 40.2 Å². The van der Waals surface area contributed by atoms with Gasteiger partial charge in [0.15, 0.2) is 0 Å². The molecule has 0 bridgehead atoms. The number of nitriles is 1. The molecular formula is C21H20ClN3O. The van der Waals surface area contributed by atoms with E-state index in [1.807, 2.05) is 50.2 Å². The molecule has 2 aromatic heterocycles. The third-order valence-corrected chi connectivity index (χ3v) is 4.72. The molecule has 26 heavy (non-hydrogen) atoms. The Balaban J connectivity index is 2.40. The molecule has 0 aliphatic carbocycles. The van der Waals surface area contributed by atoms with Crippen molar-refractivity contribution in [3.05, 3.63) is 63.0 Å². The van der Waals surface area contributed by atoms with Crippen LogP contribution in [0.3, 0.4) is 0 Å². The van der Waals surface area contributed by atoms with Gasteiger partial charge in [-0.3, -0.25) is 9.36 Å². The first-order valence-electron chi connectivity index (χ1n) is 8.72. The molecule has 4 nitrogen and oxygen atoms in total. The number of aryl methyl sites for hydroxylation is 2. The van der Waals surface area contributed by atoms with Gasteiger partial charge in [0.1, 0.15) is 5.65 Å². The van der Waals surface area contributed by atoms with Crippen LogP contribution in [0.15, 0.2) is 41.2 Å². The number of halogens is 1. The average molecular weight is 366 g/mol. The molecule has 0 N–H and O–H groups in total. The topological polar surface area (TPSA) is 58.7 Å². The molecule has 0 radical (unpaired) electrons. The summed E-state index contributed by atoms with van der Waals surface area (Å²) in [6.07, 6.45) is 1.62. The van der Waals surface area contributed by atoms with Crippen molar-refractivity contribution in [1.82, 2.24) is 9.55 Å². The van der Waals surface area contributed by atoms with Crippen molar-refractivity contribution < 1.29 is 0 Å². The van der Waals surface area contributed by atoms with Gasteiger partial charge < -0.3 is 0 Å². The third kappa shape index (κ3) is 3.36. The summed E-state index contributed by atoms with van der Waals surface area (Å²) in [6, 6.07) is 13.7. The number of hydrogen-bond acceptors (Lipinski definition) is 3. The van der Waals surface area contributed by atoms with Crippen LogP contribution in [0.4, 0.5) is 0 Å². The quantitative estimate of drug-likeness (QED) is 0.605. The van der Waals surface area contributed by atoms with E-state index in [1.165, 1.54) is 0 Å². The lowest BCUT2D eigenvalue weighted by atomic mass is 9.94. The van der Waals surface area contributed by atoms with Crippen molar-refractivity contribution in [2.75, 3.05) is 0 Å². The molecule has 0 saturated carbocycles. The van der Waals surface area contributed by atoms with Crippen molar-refractivity contribution in [2.24, 2.45) is 0 Å². The lowest BCUT2D eigenvalue weighted by Gasteiger charge is -2.17. The molecule has 0 atom stereocenters. The molecule has 0 fully saturated rings. The Hall–Kier alpha value is -2.64. The van der Waals surface area contributed by atoms with E-state index in [-0.39, 0.29) is 5.56 Å². The highest BCUT2D eigenvalue weighted by atomic mass is 35.5. The summed E-state index contributed by atoms with van der Waals surface area (Å²) < 4.78 is 1.72. The molecule has 0 unspecified atom stereocenters. The molecule has 132 valence electrons. The van der Waals surface area contributed by atoms with Crippen LogP contribution in [-0.2, 0) is 13.0 Å². The van der Waals surface area contributed by atoms with Crippen LogP contribution < -0.4 is 5.56 Å². The van der Waals surface area contributed by atoms with E-state index in [0.29, 0.717) is 36.5 Å². The summed E-state index contributed by atoms with van der Waals surface area (Å²) in [5.74, 6) is 0. The predicted octanol–water partition coefficient (Wildman–Crippen LogP) is 4.89. The van der Waals surface area contributed by atoms with Gasteiger partial charge in [-0.1, -0.05) is 23.7 Å². The Kier molecular flexibility index (Phi) is 5.39. The van der Waals surface area contributed by atoms with Crippen LogP contribution in [0.2, 0.25) is 5.02 Å². The van der Waals surface area contributed by atoms with E-state index in [1.54, 1.807) is 4.57 Å². The lowest BCUT2D eigenvalue weighted by Crippen LogP contribution is -2.25. The number of rotatable bonds is 5. The molecule has 0 aliphatic rings. The summed E-state index contributed by atoms with van der Waals surface area (Å²) in [5.41, 5.74) is 4.03. The highest BCUT2D eigenvalue weighted by molar-refractivity contribution is 6.30. The fraction of sp³-hybridized carbons (Fsp3) is 0.286. The van der Waals surface area contributed by atoms with Gasteiger partial charge in [0.05, 0.1) is 6.07 Å². The maximum atomic E-state index is 13.2. The number of pyridine rings is 2. The largest absolute Gasteiger partial charge is 0.293 e. The Labute approximate surface area is 157 Å². The van der Waals surface area contributed by atoms with Crippen LogP contribution in [0, 0.1) is 18.3 Å². The van der Waals surface area contributed by atoms with Crippen LogP contribution in [-0.4, -0.2) is 9.55 Å². The lowest BCUT2D eigenvalue weighted by molar-refractivity contribution is 0.727. The van der Waals surface area contributed by atoms with Gasteiger partial charge in [0.2, 0.25) is 0 Å². The molecule has 0 amide bonds. The molecular weight excluding hydrogens is 346 g/mol. The van der Waals surface area contributed by atoms with E-state index in [0.717, 1.165) is 27.8 Å². The van der Waals surface area contributed by atoms with Crippen LogP contribution in [0.5, 0.6) is 0 Å². The van der Waals surface area contributed by atoms with E-state index >= 15 is 0 Å². The minimum atomic E-state index is -0.0361. The van der Waals surface area contributed by atoms with Gasteiger partial charge in [-0.05, 0) is 56.5 Å². The standard InChI is InChI=1S/C21H20ClN3O/c1-3-25-20-17(11-10-14(2)24-20)19(15-7-6-8-16(22)13-15)18(21(25)26)9-4-5-12-23/h6-8,10-11,13H,3-5,9H2,1-2H3. The van der Waals surface area contributed by atoms with Crippen LogP contribution >= 0.6 is 11.6 Å². The maximum Gasteiger partial charge on any atom is 0.256 e.